The molecule has 0 saturated carbocycles. The van der Waals surface area contributed by atoms with Crippen molar-refractivity contribution in [3.8, 4) is 0 Å². The third-order valence-electron chi connectivity index (χ3n) is 4.19. The molecule has 3 rings (SSSR count). The molecule has 0 saturated heterocycles. The molecular formula is C22H21N3O2. The molecule has 1 amide bonds. The molecule has 2 aromatic carbocycles. The minimum absolute atomic E-state index is 0.0463. The van der Waals surface area contributed by atoms with Crippen molar-refractivity contribution in [1.82, 2.24) is 4.98 Å². The topological polar surface area (TPSA) is 71.1 Å². The molecule has 0 bridgehead atoms. The summed E-state index contributed by atoms with van der Waals surface area (Å²) in [7, 11) is 0. The molecule has 1 heterocycles. The molecule has 0 unspecified atom stereocenters. The van der Waals surface area contributed by atoms with Crippen molar-refractivity contribution in [2.75, 3.05) is 10.6 Å². The molecule has 0 spiro atoms. The van der Waals surface area contributed by atoms with Crippen LogP contribution in [0.4, 0.5) is 17.2 Å². The molecule has 1 aromatic heterocycles. The number of aromatic nitrogens is 1. The second-order valence-corrected chi connectivity index (χ2v) is 6.46. The van der Waals surface area contributed by atoms with Crippen LogP contribution in [0.1, 0.15) is 38.8 Å². The lowest BCUT2D eigenvalue weighted by Gasteiger charge is -2.11. The van der Waals surface area contributed by atoms with E-state index >= 15 is 0 Å². The Bertz CT molecular complexity index is 1010. The first-order chi connectivity index (χ1) is 12.9. The van der Waals surface area contributed by atoms with Gasteiger partial charge in [-0.2, -0.15) is 0 Å². The van der Waals surface area contributed by atoms with E-state index in [1.165, 1.54) is 12.5 Å². The Morgan fingerprint density at radius 2 is 1.74 bits per heavy atom. The summed E-state index contributed by atoms with van der Waals surface area (Å²) in [6, 6.07) is 16.3. The molecular weight excluding hydrogens is 338 g/mol. The summed E-state index contributed by atoms with van der Waals surface area (Å²) in [4.78, 5) is 28.3. The summed E-state index contributed by atoms with van der Waals surface area (Å²) in [6.07, 6.45) is 1.59. The summed E-state index contributed by atoms with van der Waals surface area (Å²) in [5.74, 6) is 0.281. The van der Waals surface area contributed by atoms with Gasteiger partial charge in [-0.15, -0.1) is 0 Å². The Morgan fingerprint density at radius 3 is 2.48 bits per heavy atom. The average molecular weight is 359 g/mol. The third kappa shape index (κ3) is 4.58. The van der Waals surface area contributed by atoms with E-state index in [1.807, 2.05) is 26.0 Å². The third-order valence-corrected chi connectivity index (χ3v) is 4.19. The van der Waals surface area contributed by atoms with E-state index in [-0.39, 0.29) is 11.7 Å². The fraction of sp³-hybridized carbons (Fsp3) is 0.136. The van der Waals surface area contributed by atoms with E-state index < -0.39 is 0 Å². The molecule has 0 aliphatic rings. The van der Waals surface area contributed by atoms with Crippen LogP contribution < -0.4 is 10.6 Å². The van der Waals surface area contributed by atoms with Crippen molar-refractivity contribution < 1.29 is 9.59 Å². The Hall–Kier alpha value is -3.47. The van der Waals surface area contributed by atoms with Crippen LogP contribution in [0.5, 0.6) is 0 Å². The van der Waals surface area contributed by atoms with E-state index in [0.29, 0.717) is 22.6 Å². The Labute approximate surface area is 158 Å². The molecule has 27 heavy (non-hydrogen) atoms. The Morgan fingerprint density at radius 1 is 0.926 bits per heavy atom. The second kappa shape index (κ2) is 7.83. The van der Waals surface area contributed by atoms with E-state index in [1.54, 1.807) is 42.6 Å². The van der Waals surface area contributed by atoms with E-state index in [2.05, 4.69) is 21.7 Å². The van der Waals surface area contributed by atoms with E-state index in [9.17, 15) is 9.59 Å². The van der Waals surface area contributed by atoms with Crippen LogP contribution in [0.15, 0.2) is 60.8 Å². The van der Waals surface area contributed by atoms with Crippen molar-refractivity contribution in [3.63, 3.8) is 0 Å². The number of Topliss-reactive ketones (excluding diaryl/α,β-unsaturated/α-hetero) is 1. The van der Waals surface area contributed by atoms with E-state index in [0.717, 1.165) is 11.3 Å². The lowest BCUT2D eigenvalue weighted by Crippen LogP contribution is -2.13. The average Bonchev–Trinajstić information content (AvgIpc) is 2.64. The number of anilines is 3. The number of aryl methyl sites for hydroxylation is 2. The van der Waals surface area contributed by atoms with Gasteiger partial charge in [0.2, 0.25) is 0 Å². The lowest BCUT2D eigenvalue weighted by atomic mass is 10.1. The zero-order valence-corrected chi connectivity index (χ0v) is 15.5. The van der Waals surface area contributed by atoms with Gasteiger partial charge in [-0.25, -0.2) is 4.98 Å². The molecule has 0 atom stereocenters. The van der Waals surface area contributed by atoms with Gasteiger partial charge >= 0.3 is 0 Å². The predicted molar refractivity (Wildman–Crippen MR) is 108 cm³/mol. The number of nitrogens with zero attached hydrogens (tertiary/aromatic N) is 1. The van der Waals surface area contributed by atoms with Gasteiger partial charge in [0.1, 0.15) is 5.82 Å². The molecule has 0 radical (unpaired) electrons. The summed E-state index contributed by atoms with van der Waals surface area (Å²) < 4.78 is 0. The summed E-state index contributed by atoms with van der Waals surface area (Å²) in [5.41, 5.74) is 4.85. The standard InChI is InChI=1S/C22H21N3O2/c1-14-7-8-20(15(2)11-14)25-21-13-18(9-10-23-21)22(27)24-19-6-4-5-17(12-19)16(3)26/h4-13H,1-3H3,(H,23,25)(H,24,27). The number of hydrogen-bond donors (Lipinski definition) is 2. The van der Waals surface area contributed by atoms with E-state index in [4.69, 9.17) is 0 Å². The van der Waals surface area contributed by atoms with Gasteiger partial charge in [0.25, 0.3) is 5.91 Å². The molecule has 0 aliphatic heterocycles. The molecule has 3 aromatic rings. The maximum atomic E-state index is 12.6. The van der Waals surface area contributed by atoms with Crippen LogP contribution in [0.25, 0.3) is 0 Å². The first kappa shape index (κ1) is 18.3. The number of pyridine rings is 1. The van der Waals surface area contributed by atoms with Crippen LogP contribution in [0.3, 0.4) is 0 Å². The minimum atomic E-state index is -0.262. The van der Waals surface area contributed by atoms with Gasteiger partial charge in [-0.1, -0.05) is 29.8 Å². The van der Waals surface area contributed by atoms with Crippen LogP contribution in [0, 0.1) is 13.8 Å². The van der Waals surface area contributed by atoms with Gasteiger partial charge in [-0.05, 0) is 56.7 Å². The Balaban J connectivity index is 1.77. The minimum Gasteiger partial charge on any atom is -0.340 e. The first-order valence-electron chi connectivity index (χ1n) is 8.65. The normalized spacial score (nSPS) is 10.3. The van der Waals surface area contributed by atoms with Crippen molar-refractivity contribution in [2.24, 2.45) is 0 Å². The lowest BCUT2D eigenvalue weighted by molar-refractivity contribution is 0.101. The molecule has 0 aliphatic carbocycles. The zero-order chi connectivity index (χ0) is 19.4. The van der Waals surface area contributed by atoms with Gasteiger partial charge in [0.15, 0.2) is 5.78 Å². The number of carbonyl (C=O) groups is 2. The maximum Gasteiger partial charge on any atom is 0.255 e. The highest BCUT2D eigenvalue weighted by Crippen LogP contribution is 2.21. The van der Waals surface area contributed by atoms with Crippen LogP contribution in [-0.4, -0.2) is 16.7 Å². The van der Waals surface area contributed by atoms with Crippen molar-refractivity contribution in [2.45, 2.75) is 20.8 Å². The van der Waals surface area contributed by atoms with Crippen LogP contribution in [-0.2, 0) is 0 Å². The number of rotatable bonds is 5. The highest BCUT2D eigenvalue weighted by molar-refractivity contribution is 6.05. The van der Waals surface area contributed by atoms with Crippen LogP contribution in [0.2, 0.25) is 0 Å². The second-order valence-electron chi connectivity index (χ2n) is 6.46. The predicted octanol–water partition coefficient (Wildman–Crippen LogP) is 4.90. The quantitative estimate of drug-likeness (QED) is 0.636. The summed E-state index contributed by atoms with van der Waals surface area (Å²) in [6.45, 7) is 5.56. The van der Waals surface area contributed by atoms with Gasteiger partial charge in [-0.3, -0.25) is 9.59 Å². The summed E-state index contributed by atoms with van der Waals surface area (Å²) >= 11 is 0. The number of carbonyl (C=O) groups excluding carboxylic acids is 2. The molecule has 136 valence electrons. The SMILES string of the molecule is CC(=O)c1cccc(NC(=O)c2ccnc(Nc3ccc(C)cc3C)c2)c1. The Kier molecular flexibility index (Phi) is 5.31. The number of amides is 1. The molecule has 5 heteroatoms. The summed E-state index contributed by atoms with van der Waals surface area (Å²) in [5, 5.41) is 6.06. The first-order valence-corrected chi connectivity index (χ1v) is 8.65. The smallest absolute Gasteiger partial charge is 0.255 e. The highest BCUT2D eigenvalue weighted by Gasteiger charge is 2.09. The van der Waals surface area contributed by atoms with Crippen LogP contribution >= 0.6 is 0 Å². The van der Waals surface area contributed by atoms with Gasteiger partial charge in [0.05, 0.1) is 0 Å². The molecule has 5 nitrogen and oxygen atoms in total. The zero-order valence-electron chi connectivity index (χ0n) is 15.5. The number of nitrogens with one attached hydrogen (secondary N) is 2. The van der Waals surface area contributed by atoms with Crippen molar-refractivity contribution >= 4 is 28.9 Å². The van der Waals surface area contributed by atoms with Gasteiger partial charge < -0.3 is 10.6 Å². The molecule has 2 N–H and O–H groups in total. The van der Waals surface area contributed by atoms with Gasteiger partial charge in [0, 0.05) is 28.7 Å². The fourth-order valence-electron chi connectivity index (χ4n) is 2.75. The number of hydrogen-bond acceptors (Lipinski definition) is 4. The monoisotopic (exact) mass is 359 g/mol. The highest BCUT2D eigenvalue weighted by atomic mass is 16.1. The maximum absolute atomic E-state index is 12.6. The number of benzene rings is 2. The molecule has 0 fully saturated rings. The number of ketones is 1. The van der Waals surface area contributed by atoms with Crippen molar-refractivity contribution in [3.05, 3.63) is 83.0 Å². The largest absolute Gasteiger partial charge is 0.340 e. The van der Waals surface area contributed by atoms with Crippen molar-refractivity contribution in [1.29, 1.82) is 0 Å². The fourth-order valence-corrected chi connectivity index (χ4v) is 2.75.